The van der Waals surface area contributed by atoms with Gasteiger partial charge < -0.3 is 10.1 Å². The van der Waals surface area contributed by atoms with E-state index < -0.39 is 11.8 Å². The van der Waals surface area contributed by atoms with E-state index in [2.05, 4.69) is 20.9 Å². The van der Waals surface area contributed by atoms with Gasteiger partial charge in [-0.05, 0) is 60.7 Å². The Morgan fingerprint density at radius 3 is 2.35 bits per heavy atom. The fourth-order valence-electron chi connectivity index (χ4n) is 3.10. The first kappa shape index (κ1) is 22.8. The molecule has 2 N–H and O–H groups in total. The van der Waals surface area contributed by atoms with Gasteiger partial charge in [-0.2, -0.15) is 10.2 Å². The number of amides is 2. The molecule has 2 amide bonds. The Balaban J connectivity index is 1.53. The number of para-hydroxylation sites is 1. The van der Waals surface area contributed by atoms with Crippen molar-refractivity contribution in [3.05, 3.63) is 95.6 Å². The van der Waals surface area contributed by atoms with E-state index in [1.165, 1.54) is 6.21 Å². The monoisotopic (exact) mass is 473 g/mol. The molecule has 0 fully saturated rings. The van der Waals surface area contributed by atoms with Gasteiger partial charge in [0.1, 0.15) is 11.4 Å². The van der Waals surface area contributed by atoms with Gasteiger partial charge in [-0.1, -0.05) is 29.8 Å². The number of hydrogen-bond donors (Lipinski definition) is 2. The zero-order chi connectivity index (χ0) is 23.9. The summed E-state index contributed by atoms with van der Waals surface area (Å²) >= 11 is 5.83. The van der Waals surface area contributed by atoms with E-state index in [0.29, 0.717) is 22.0 Å². The second-order valence-corrected chi connectivity index (χ2v) is 7.54. The molecule has 0 unspecified atom stereocenters. The van der Waals surface area contributed by atoms with Gasteiger partial charge in [-0.15, -0.1) is 0 Å². The quantitative estimate of drug-likeness (QED) is 0.248. The van der Waals surface area contributed by atoms with Crippen molar-refractivity contribution < 1.29 is 14.3 Å². The van der Waals surface area contributed by atoms with Crippen LogP contribution in [0.25, 0.3) is 16.9 Å². The fourth-order valence-corrected chi connectivity index (χ4v) is 3.23. The minimum atomic E-state index is -0.910. The molecule has 0 aliphatic carbocycles. The molecule has 0 saturated carbocycles. The molecule has 1 aromatic heterocycles. The second kappa shape index (κ2) is 10.5. The molecule has 9 heteroatoms. The maximum Gasteiger partial charge on any atom is 0.329 e. The van der Waals surface area contributed by atoms with Crippen molar-refractivity contribution in [3.63, 3.8) is 0 Å². The lowest BCUT2D eigenvalue weighted by Gasteiger charge is -2.04. The van der Waals surface area contributed by atoms with Crippen molar-refractivity contribution in [2.24, 2.45) is 5.10 Å². The van der Waals surface area contributed by atoms with Crippen molar-refractivity contribution in [1.82, 2.24) is 15.2 Å². The summed E-state index contributed by atoms with van der Waals surface area (Å²) in [5, 5.41) is 11.6. The minimum Gasteiger partial charge on any atom is -0.497 e. The Labute approximate surface area is 200 Å². The number of hydrogen-bond acceptors (Lipinski definition) is 5. The van der Waals surface area contributed by atoms with E-state index in [1.54, 1.807) is 42.3 Å². The zero-order valence-electron chi connectivity index (χ0n) is 18.1. The molecule has 0 spiro atoms. The molecule has 0 bridgehead atoms. The summed E-state index contributed by atoms with van der Waals surface area (Å²) in [7, 11) is 1.60. The molecular weight excluding hydrogens is 454 g/mol. The number of methoxy groups -OCH3 is 1. The maximum absolute atomic E-state index is 12.2. The highest BCUT2D eigenvalue weighted by Gasteiger charge is 2.14. The lowest BCUT2D eigenvalue weighted by molar-refractivity contribution is -0.136. The van der Waals surface area contributed by atoms with Gasteiger partial charge in [0.15, 0.2) is 0 Å². The molecule has 3 aromatic carbocycles. The molecular formula is C25H20ClN5O3. The Bertz CT molecular complexity index is 1320. The van der Waals surface area contributed by atoms with E-state index in [-0.39, 0.29) is 0 Å². The third-order valence-corrected chi connectivity index (χ3v) is 5.06. The van der Waals surface area contributed by atoms with Crippen molar-refractivity contribution >= 4 is 35.3 Å². The Morgan fingerprint density at radius 1 is 0.971 bits per heavy atom. The van der Waals surface area contributed by atoms with Gasteiger partial charge in [0.05, 0.1) is 19.0 Å². The summed E-state index contributed by atoms with van der Waals surface area (Å²) in [6.07, 6.45) is 3.23. The van der Waals surface area contributed by atoms with Crippen LogP contribution in [0.1, 0.15) is 5.56 Å². The largest absolute Gasteiger partial charge is 0.497 e. The summed E-state index contributed by atoms with van der Waals surface area (Å²) in [6, 6.07) is 23.4. The van der Waals surface area contributed by atoms with Crippen LogP contribution < -0.4 is 15.5 Å². The number of carbonyl (C=O) groups excluding carboxylic acids is 2. The minimum absolute atomic E-state index is 0.444. The molecule has 4 rings (SSSR count). The van der Waals surface area contributed by atoms with Crippen LogP contribution in [0.4, 0.5) is 5.69 Å². The van der Waals surface area contributed by atoms with Crippen LogP contribution in [0.2, 0.25) is 5.02 Å². The molecule has 4 aromatic rings. The van der Waals surface area contributed by atoms with Crippen LogP contribution in [0.15, 0.2) is 90.2 Å². The van der Waals surface area contributed by atoms with Gasteiger partial charge in [0.25, 0.3) is 0 Å². The first-order valence-electron chi connectivity index (χ1n) is 10.2. The highest BCUT2D eigenvalue weighted by Crippen LogP contribution is 2.25. The number of rotatable bonds is 6. The Morgan fingerprint density at radius 2 is 1.68 bits per heavy atom. The third kappa shape index (κ3) is 5.48. The van der Waals surface area contributed by atoms with Crippen molar-refractivity contribution in [2.45, 2.75) is 0 Å². The molecule has 0 radical (unpaired) electrons. The zero-order valence-corrected chi connectivity index (χ0v) is 18.9. The summed E-state index contributed by atoms with van der Waals surface area (Å²) in [5.41, 5.74) is 5.68. The lowest BCUT2D eigenvalue weighted by Crippen LogP contribution is -2.32. The van der Waals surface area contributed by atoms with E-state index >= 15 is 0 Å². The molecule has 8 nitrogen and oxygen atoms in total. The predicted molar refractivity (Wildman–Crippen MR) is 131 cm³/mol. The first-order valence-corrected chi connectivity index (χ1v) is 10.6. The number of nitrogens with zero attached hydrogens (tertiary/aromatic N) is 3. The van der Waals surface area contributed by atoms with Gasteiger partial charge >= 0.3 is 11.8 Å². The molecule has 170 valence electrons. The van der Waals surface area contributed by atoms with Crippen molar-refractivity contribution in [2.75, 3.05) is 12.4 Å². The number of anilines is 1. The SMILES string of the molecule is COc1ccc(-c2nn(-c3ccccc3)cc2/C=N\NC(=O)C(=O)Nc2ccc(Cl)cc2)cc1. The molecule has 0 aliphatic rings. The molecule has 0 atom stereocenters. The summed E-state index contributed by atoms with van der Waals surface area (Å²) in [6.45, 7) is 0. The molecule has 1 heterocycles. The van der Waals surface area contributed by atoms with E-state index in [9.17, 15) is 9.59 Å². The molecule has 0 aliphatic heterocycles. The maximum atomic E-state index is 12.2. The van der Waals surface area contributed by atoms with Crippen LogP contribution in [-0.4, -0.2) is 34.9 Å². The van der Waals surface area contributed by atoms with E-state index in [1.807, 2.05) is 54.6 Å². The van der Waals surface area contributed by atoms with E-state index in [0.717, 1.165) is 17.0 Å². The number of ether oxygens (including phenoxy) is 1. The number of aromatic nitrogens is 2. The Kier molecular flexibility index (Phi) is 7.00. The van der Waals surface area contributed by atoms with Crippen LogP contribution in [0.5, 0.6) is 5.75 Å². The highest BCUT2D eigenvalue weighted by molar-refractivity contribution is 6.39. The third-order valence-electron chi connectivity index (χ3n) is 4.80. The number of carbonyl (C=O) groups is 2. The average molecular weight is 474 g/mol. The van der Waals surface area contributed by atoms with Crippen LogP contribution in [0, 0.1) is 0 Å². The summed E-state index contributed by atoms with van der Waals surface area (Å²) in [4.78, 5) is 24.3. The smallest absolute Gasteiger partial charge is 0.329 e. The summed E-state index contributed by atoms with van der Waals surface area (Å²) < 4.78 is 6.95. The molecule has 34 heavy (non-hydrogen) atoms. The van der Waals surface area contributed by atoms with Crippen molar-refractivity contribution in [1.29, 1.82) is 0 Å². The second-order valence-electron chi connectivity index (χ2n) is 7.10. The fraction of sp³-hybridized carbons (Fsp3) is 0.0400. The summed E-state index contributed by atoms with van der Waals surface area (Å²) in [5.74, 6) is -1.04. The lowest BCUT2D eigenvalue weighted by atomic mass is 10.1. The first-order chi connectivity index (χ1) is 16.5. The van der Waals surface area contributed by atoms with Crippen LogP contribution in [0.3, 0.4) is 0 Å². The Hall–Kier alpha value is -4.43. The van der Waals surface area contributed by atoms with E-state index in [4.69, 9.17) is 16.3 Å². The normalized spacial score (nSPS) is 10.8. The average Bonchev–Trinajstić information content (AvgIpc) is 3.30. The van der Waals surface area contributed by atoms with Gasteiger partial charge in [0.2, 0.25) is 0 Å². The number of nitrogens with one attached hydrogen (secondary N) is 2. The molecule has 0 saturated heterocycles. The number of benzene rings is 3. The predicted octanol–water partition coefficient (Wildman–Crippen LogP) is 4.29. The van der Waals surface area contributed by atoms with Crippen molar-refractivity contribution in [3.8, 4) is 22.7 Å². The van der Waals surface area contributed by atoms with Gasteiger partial charge in [-0.3, -0.25) is 9.59 Å². The standard InChI is InChI=1S/C25H20ClN5O3/c1-34-22-13-7-17(8-14-22)23-18(16-31(30-23)21-5-3-2-4-6-21)15-27-29-25(33)24(32)28-20-11-9-19(26)10-12-20/h2-16H,1H3,(H,28,32)(H,29,33)/b27-15-. The topological polar surface area (TPSA) is 97.6 Å². The number of halogens is 1. The van der Waals surface area contributed by atoms with Gasteiger partial charge in [-0.25, -0.2) is 10.1 Å². The van der Waals surface area contributed by atoms with Crippen LogP contribution in [-0.2, 0) is 9.59 Å². The van der Waals surface area contributed by atoms with Gasteiger partial charge in [0, 0.05) is 28.0 Å². The highest BCUT2D eigenvalue weighted by atomic mass is 35.5. The van der Waals surface area contributed by atoms with Crippen LogP contribution >= 0.6 is 11.6 Å². The number of hydrazone groups is 1.